The maximum atomic E-state index is 11.4. The number of hydrogen-bond donors (Lipinski definition) is 1. The molecule has 0 aromatic carbocycles. The lowest BCUT2D eigenvalue weighted by molar-refractivity contribution is -0.144. The Morgan fingerprint density at radius 1 is 1.52 bits per heavy atom. The second kappa shape index (κ2) is 10.4. The van der Waals surface area contributed by atoms with Gasteiger partial charge in [0.1, 0.15) is 6.04 Å². The lowest BCUT2D eigenvalue weighted by atomic mass is 10.2. The molecule has 0 radical (unpaired) electrons. The number of nitrogens with zero attached hydrogens (tertiary/aromatic N) is 1. The summed E-state index contributed by atoms with van der Waals surface area (Å²) in [5, 5.41) is 0. The summed E-state index contributed by atoms with van der Waals surface area (Å²) >= 11 is 1.81. The van der Waals surface area contributed by atoms with E-state index < -0.39 is 6.04 Å². The van der Waals surface area contributed by atoms with Crippen LogP contribution in [0.25, 0.3) is 0 Å². The molecule has 2 N–H and O–H groups in total. The predicted molar refractivity (Wildman–Crippen MR) is 87.6 cm³/mol. The summed E-state index contributed by atoms with van der Waals surface area (Å²) in [6, 6.07) is -0.498. The van der Waals surface area contributed by atoms with Crippen molar-refractivity contribution in [2.24, 2.45) is 11.7 Å². The molecule has 0 aliphatic carbocycles. The summed E-state index contributed by atoms with van der Waals surface area (Å²) in [5.41, 5.74) is 5.77. The van der Waals surface area contributed by atoms with Crippen LogP contribution in [0.4, 0.5) is 0 Å². The number of ether oxygens (including phenoxy) is 2. The molecule has 124 valence electrons. The van der Waals surface area contributed by atoms with E-state index in [4.69, 9.17) is 15.2 Å². The Kier molecular flexibility index (Phi) is 9.31. The molecular formula is C15H30N2O3S. The minimum atomic E-state index is -0.498. The highest BCUT2D eigenvalue weighted by Gasteiger charge is 2.21. The zero-order valence-electron chi connectivity index (χ0n) is 13.5. The van der Waals surface area contributed by atoms with Gasteiger partial charge in [0.05, 0.1) is 19.3 Å². The van der Waals surface area contributed by atoms with Crippen molar-refractivity contribution in [2.75, 3.05) is 44.4 Å². The van der Waals surface area contributed by atoms with Crippen LogP contribution in [0, 0.1) is 5.92 Å². The molecule has 21 heavy (non-hydrogen) atoms. The molecule has 0 amide bonds. The summed E-state index contributed by atoms with van der Waals surface area (Å²) in [6.45, 7) is 10.7. The third-order valence-electron chi connectivity index (χ3n) is 3.31. The van der Waals surface area contributed by atoms with Crippen molar-refractivity contribution < 1.29 is 14.3 Å². The van der Waals surface area contributed by atoms with Crippen molar-refractivity contribution in [3.63, 3.8) is 0 Å². The highest BCUT2D eigenvalue weighted by atomic mass is 32.2. The lowest BCUT2D eigenvalue weighted by Gasteiger charge is -2.33. The van der Waals surface area contributed by atoms with Crippen molar-refractivity contribution >= 4 is 17.7 Å². The van der Waals surface area contributed by atoms with Crippen LogP contribution in [-0.2, 0) is 14.3 Å². The first-order chi connectivity index (χ1) is 10.0. The molecule has 0 aromatic rings. The van der Waals surface area contributed by atoms with Crippen LogP contribution in [0.2, 0.25) is 0 Å². The van der Waals surface area contributed by atoms with Crippen LogP contribution in [-0.4, -0.2) is 67.4 Å². The third-order valence-corrected chi connectivity index (χ3v) is 4.44. The first-order valence-corrected chi connectivity index (χ1v) is 9.02. The Bertz CT molecular complexity index is 303. The number of carbonyl (C=O) groups is 1. The number of carbonyl (C=O) groups excluding carboxylic acids is 1. The summed E-state index contributed by atoms with van der Waals surface area (Å²) in [5.74, 6) is 2.22. The van der Waals surface area contributed by atoms with Gasteiger partial charge in [-0.1, -0.05) is 13.8 Å². The van der Waals surface area contributed by atoms with Crippen molar-refractivity contribution in [1.82, 2.24) is 4.90 Å². The van der Waals surface area contributed by atoms with Crippen molar-refractivity contribution in [1.29, 1.82) is 0 Å². The number of hydrogen-bond acceptors (Lipinski definition) is 6. The number of esters is 1. The largest absolute Gasteiger partial charge is 0.465 e. The van der Waals surface area contributed by atoms with Gasteiger partial charge in [-0.25, -0.2) is 0 Å². The summed E-state index contributed by atoms with van der Waals surface area (Å²) < 4.78 is 10.7. The Morgan fingerprint density at radius 2 is 2.29 bits per heavy atom. The fourth-order valence-corrected chi connectivity index (χ4v) is 3.41. The molecule has 1 saturated heterocycles. The van der Waals surface area contributed by atoms with Gasteiger partial charge in [0, 0.05) is 25.4 Å². The Morgan fingerprint density at radius 3 is 2.95 bits per heavy atom. The molecule has 6 heteroatoms. The third kappa shape index (κ3) is 8.04. The smallest absolute Gasteiger partial charge is 0.322 e. The van der Waals surface area contributed by atoms with E-state index in [-0.39, 0.29) is 5.97 Å². The quantitative estimate of drug-likeness (QED) is 0.511. The molecule has 1 rings (SSSR count). The van der Waals surface area contributed by atoms with E-state index in [1.807, 2.05) is 0 Å². The van der Waals surface area contributed by atoms with Crippen molar-refractivity contribution in [2.45, 2.75) is 39.3 Å². The topological polar surface area (TPSA) is 64.8 Å². The van der Waals surface area contributed by atoms with E-state index in [2.05, 4.69) is 18.7 Å². The summed E-state index contributed by atoms with van der Waals surface area (Å²) in [6.07, 6.45) is 0.952. The van der Waals surface area contributed by atoms with E-state index in [9.17, 15) is 4.79 Å². The van der Waals surface area contributed by atoms with Gasteiger partial charge >= 0.3 is 5.97 Å². The second-order valence-corrected chi connectivity index (χ2v) is 7.02. The Hall–Kier alpha value is -0.300. The zero-order valence-corrected chi connectivity index (χ0v) is 14.4. The van der Waals surface area contributed by atoms with Gasteiger partial charge in [0.25, 0.3) is 0 Å². The SMILES string of the molecule is CCOC(=O)C(N)CCSCC1CN(CC(C)C)CCO1. The standard InChI is InChI=1S/C15H30N2O3S/c1-4-19-15(18)14(16)5-8-21-11-13-10-17(6-7-20-13)9-12(2)3/h12-14H,4-11,16H2,1-3H3. The highest BCUT2D eigenvalue weighted by molar-refractivity contribution is 7.99. The van der Waals surface area contributed by atoms with Gasteiger partial charge < -0.3 is 15.2 Å². The zero-order chi connectivity index (χ0) is 15.7. The van der Waals surface area contributed by atoms with Gasteiger partial charge in [-0.3, -0.25) is 9.69 Å². The van der Waals surface area contributed by atoms with E-state index in [1.165, 1.54) is 0 Å². The first-order valence-electron chi connectivity index (χ1n) is 7.86. The van der Waals surface area contributed by atoms with Crippen LogP contribution in [0.3, 0.4) is 0 Å². The molecule has 1 heterocycles. The fourth-order valence-electron chi connectivity index (χ4n) is 2.36. The molecular weight excluding hydrogens is 288 g/mol. The van der Waals surface area contributed by atoms with E-state index >= 15 is 0 Å². The normalized spacial score (nSPS) is 21.5. The maximum Gasteiger partial charge on any atom is 0.322 e. The molecule has 1 aliphatic rings. The Labute approximate surface area is 132 Å². The molecule has 0 bridgehead atoms. The summed E-state index contributed by atoms with van der Waals surface area (Å²) in [7, 11) is 0. The summed E-state index contributed by atoms with van der Waals surface area (Å²) in [4.78, 5) is 13.9. The lowest BCUT2D eigenvalue weighted by Crippen LogP contribution is -2.44. The monoisotopic (exact) mass is 318 g/mol. The van der Waals surface area contributed by atoms with Crippen LogP contribution >= 0.6 is 11.8 Å². The van der Waals surface area contributed by atoms with Gasteiger partial charge in [-0.05, 0) is 25.0 Å². The minimum absolute atomic E-state index is 0.293. The average molecular weight is 318 g/mol. The van der Waals surface area contributed by atoms with Gasteiger partial charge in [0.2, 0.25) is 0 Å². The van der Waals surface area contributed by atoms with Crippen LogP contribution in [0.15, 0.2) is 0 Å². The highest BCUT2D eigenvalue weighted by Crippen LogP contribution is 2.14. The van der Waals surface area contributed by atoms with Crippen molar-refractivity contribution in [3.8, 4) is 0 Å². The minimum Gasteiger partial charge on any atom is -0.465 e. The molecule has 2 atom stereocenters. The molecule has 2 unspecified atom stereocenters. The molecule has 0 spiro atoms. The molecule has 0 saturated carbocycles. The molecule has 1 aliphatic heterocycles. The molecule has 5 nitrogen and oxygen atoms in total. The van der Waals surface area contributed by atoms with Crippen LogP contribution in [0.1, 0.15) is 27.2 Å². The van der Waals surface area contributed by atoms with E-state index in [1.54, 1.807) is 18.7 Å². The fraction of sp³-hybridized carbons (Fsp3) is 0.933. The van der Waals surface area contributed by atoms with E-state index in [0.29, 0.717) is 25.0 Å². The number of nitrogens with two attached hydrogens (primary N) is 1. The maximum absolute atomic E-state index is 11.4. The second-order valence-electron chi connectivity index (χ2n) is 5.87. The van der Waals surface area contributed by atoms with E-state index in [0.717, 1.165) is 37.7 Å². The number of rotatable bonds is 9. The van der Waals surface area contributed by atoms with Gasteiger partial charge in [-0.2, -0.15) is 11.8 Å². The van der Waals surface area contributed by atoms with Gasteiger partial charge in [-0.15, -0.1) is 0 Å². The van der Waals surface area contributed by atoms with Crippen LogP contribution in [0.5, 0.6) is 0 Å². The average Bonchev–Trinajstić information content (AvgIpc) is 2.43. The number of thioether (sulfide) groups is 1. The van der Waals surface area contributed by atoms with Crippen LogP contribution < -0.4 is 5.73 Å². The molecule has 0 aromatic heterocycles. The van der Waals surface area contributed by atoms with Gasteiger partial charge in [0.15, 0.2) is 0 Å². The van der Waals surface area contributed by atoms with Crippen molar-refractivity contribution in [3.05, 3.63) is 0 Å². The Balaban J connectivity index is 2.13. The molecule has 1 fully saturated rings. The number of morpholine rings is 1. The predicted octanol–water partition coefficient (Wildman–Crippen LogP) is 1.36. The first kappa shape index (κ1) is 18.7.